The molecule has 0 radical (unpaired) electrons. The number of nitrogens with one attached hydrogen (secondary N) is 1. The fourth-order valence-corrected chi connectivity index (χ4v) is 3.51. The summed E-state index contributed by atoms with van der Waals surface area (Å²) in [5.41, 5.74) is 5.36. The van der Waals surface area contributed by atoms with E-state index in [1.54, 1.807) is 0 Å². The fourth-order valence-electron chi connectivity index (χ4n) is 3.51. The molecule has 0 aliphatic carbocycles. The summed E-state index contributed by atoms with van der Waals surface area (Å²) in [7, 11) is 0. The minimum atomic E-state index is -0.165. The predicted octanol–water partition coefficient (Wildman–Crippen LogP) is 0.296. The van der Waals surface area contributed by atoms with Gasteiger partial charge in [0.25, 0.3) is 0 Å². The Morgan fingerprint density at radius 2 is 2.00 bits per heavy atom. The molecule has 1 amide bonds. The molecular formula is C16H31N6O+. The number of likely N-dealkylation sites (tertiary alicyclic amines) is 1. The Morgan fingerprint density at radius 3 is 2.48 bits per heavy atom. The summed E-state index contributed by atoms with van der Waals surface area (Å²) in [6.07, 6.45) is 2.67. The number of quaternary nitrogens is 1. The SMILES string of the molecule is CCC(C)(C)n1nnnc1[C@H](C(C)C)[NH+]1CCC(C(N)=O)CC1. The summed E-state index contributed by atoms with van der Waals surface area (Å²) in [6, 6.07) is 0.240. The van der Waals surface area contributed by atoms with Gasteiger partial charge >= 0.3 is 0 Å². The number of hydrogen-bond donors (Lipinski definition) is 2. The lowest BCUT2D eigenvalue weighted by Crippen LogP contribution is -3.14. The third-order valence-corrected chi connectivity index (χ3v) is 5.35. The van der Waals surface area contributed by atoms with E-state index in [-0.39, 0.29) is 23.4 Å². The van der Waals surface area contributed by atoms with Gasteiger partial charge in [0.15, 0.2) is 6.04 Å². The zero-order valence-electron chi connectivity index (χ0n) is 15.0. The Kier molecular flexibility index (Phi) is 5.39. The molecule has 23 heavy (non-hydrogen) atoms. The molecule has 7 nitrogen and oxygen atoms in total. The molecule has 1 saturated heterocycles. The second-order valence-electron chi connectivity index (χ2n) is 7.67. The maximum absolute atomic E-state index is 11.4. The van der Waals surface area contributed by atoms with Crippen molar-refractivity contribution in [3.8, 4) is 0 Å². The molecule has 3 N–H and O–H groups in total. The summed E-state index contributed by atoms with van der Waals surface area (Å²) in [4.78, 5) is 12.9. The third kappa shape index (κ3) is 3.71. The van der Waals surface area contributed by atoms with Crippen molar-refractivity contribution in [3.63, 3.8) is 0 Å². The molecule has 0 unspecified atom stereocenters. The molecule has 0 spiro atoms. The lowest BCUT2D eigenvalue weighted by atomic mass is 9.92. The van der Waals surface area contributed by atoms with Crippen LogP contribution in [-0.4, -0.2) is 39.2 Å². The summed E-state index contributed by atoms with van der Waals surface area (Å²) < 4.78 is 1.99. The molecule has 7 heteroatoms. The monoisotopic (exact) mass is 323 g/mol. The zero-order chi connectivity index (χ0) is 17.2. The second kappa shape index (κ2) is 6.95. The normalized spacial score (nSPS) is 23.9. The number of hydrogen-bond acceptors (Lipinski definition) is 4. The highest BCUT2D eigenvalue weighted by molar-refractivity contribution is 5.76. The van der Waals surface area contributed by atoms with Crippen LogP contribution in [0.5, 0.6) is 0 Å². The number of nitrogens with two attached hydrogens (primary N) is 1. The van der Waals surface area contributed by atoms with Gasteiger partial charge in [-0.1, -0.05) is 20.8 Å². The maximum Gasteiger partial charge on any atom is 0.220 e. The van der Waals surface area contributed by atoms with E-state index < -0.39 is 0 Å². The van der Waals surface area contributed by atoms with E-state index >= 15 is 0 Å². The number of tetrazole rings is 1. The molecule has 1 atom stereocenters. The number of carbonyl (C=O) groups is 1. The van der Waals surface area contributed by atoms with Gasteiger partial charge in [-0.2, -0.15) is 0 Å². The van der Waals surface area contributed by atoms with Gasteiger partial charge in [0, 0.05) is 24.7 Å². The van der Waals surface area contributed by atoms with Gasteiger partial charge in [-0.15, -0.1) is 5.10 Å². The lowest BCUT2D eigenvalue weighted by molar-refractivity contribution is -0.941. The van der Waals surface area contributed by atoms with E-state index in [1.807, 2.05) is 4.68 Å². The minimum absolute atomic E-state index is 0.0228. The highest BCUT2D eigenvalue weighted by Crippen LogP contribution is 2.25. The fraction of sp³-hybridized carbons (Fsp3) is 0.875. The van der Waals surface area contributed by atoms with Crippen LogP contribution in [0.3, 0.4) is 0 Å². The molecule has 1 aromatic heterocycles. The summed E-state index contributed by atoms with van der Waals surface area (Å²) in [5, 5.41) is 12.6. The van der Waals surface area contributed by atoms with E-state index in [4.69, 9.17) is 5.73 Å². The molecule has 0 aromatic carbocycles. The molecule has 130 valence electrons. The number of rotatable bonds is 6. The second-order valence-corrected chi connectivity index (χ2v) is 7.67. The standard InChI is InChI=1S/C16H30N6O/c1-6-16(4,5)22-15(18-19-20-22)13(11(2)3)21-9-7-12(8-10-21)14(17)23/h11-13H,6-10H2,1-5H3,(H2,17,23)/p+1/t13-/m0/s1. The summed E-state index contributed by atoms with van der Waals surface area (Å²) >= 11 is 0. The molecule has 2 rings (SSSR count). The van der Waals surface area contributed by atoms with Gasteiger partial charge in [0.05, 0.1) is 18.6 Å². The van der Waals surface area contributed by atoms with Crippen molar-refractivity contribution in [1.29, 1.82) is 0 Å². The molecular weight excluding hydrogens is 292 g/mol. The molecule has 2 heterocycles. The Hall–Kier alpha value is -1.50. The molecule has 1 aliphatic rings. The Labute approximate surface area is 138 Å². The van der Waals surface area contributed by atoms with E-state index in [1.165, 1.54) is 4.90 Å². The van der Waals surface area contributed by atoms with Crippen LogP contribution in [0.15, 0.2) is 0 Å². The van der Waals surface area contributed by atoms with Crippen molar-refractivity contribution >= 4 is 5.91 Å². The van der Waals surface area contributed by atoms with Crippen LogP contribution < -0.4 is 10.6 Å². The van der Waals surface area contributed by atoms with Crippen LogP contribution in [0.2, 0.25) is 0 Å². The van der Waals surface area contributed by atoms with Gasteiger partial charge in [-0.3, -0.25) is 4.79 Å². The summed E-state index contributed by atoms with van der Waals surface area (Å²) in [5.74, 6) is 1.24. The molecule has 1 aromatic rings. The first-order chi connectivity index (χ1) is 10.8. The van der Waals surface area contributed by atoms with Crippen LogP contribution in [0, 0.1) is 11.8 Å². The Balaban J connectivity index is 2.24. The Bertz CT molecular complexity index is 530. The number of nitrogens with zero attached hydrogens (tertiary/aromatic N) is 4. The van der Waals surface area contributed by atoms with Gasteiger partial charge < -0.3 is 10.6 Å². The van der Waals surface area contributed by atoms with Crippen molar-refractivity contribution in [1.82, 2.24) is 20.2 Å². The number of amides is 1. The maximum atomic E-state index is 11.4. The first kappa shape index (κ1) is 17.8. The largest absolute Gasteiger partial charge is 0.369 e. The molecule has 1 fully saturated rings. The van der Waals surface area contributed by atoms with Gasteiger partial charge in [-0.25, -0.2) is 4.68 Å². The van der Waals surface area contributed by atoms with Gasteiger partial charge in [-0.05, 0) is 30.7 Å². The van der Waals surface area contributed by atoms with Crippen molar-refractivity contribution < 1.29 is 9.69 Å². The van der Waals surface area contributed by atoms with E-state index in [0.29, 0.717) is 5.92 Å². The number of piperidine rings is 1. The number of primary amides is 1. The predicted molar refractivity (Wildman–Crippen MR) is 87.6 cm³/mol. The average molecular weight is 323 g/mol. The van der Waals surface area contributed by atoms with Crippen LogP contribution in [0.25, 0.3) is 0 Å². The van der Waals surface area contributed by atoms with Gasteiger partial charge in [0.2, 0.25) is 11.7 Å². The molecule has 0 saturated carbocycles. The van der Waals surface area contributed by atoms with E-state index in [2.05, 4.69) is 50.1 Å². The molecule has 0 bridgehead atoms. The smallest absolute Gasteiger partial charge is 0.220 e. The number of aromatic nitrogens is 4. The van der Waals surface area contributed by atoms with Crippen LogP contribution in [0.1, 0.15) is 65.7 Å². The third-order valence-electron chi connectivity index (χ3n) is 5.35. The zero-order valence-corrected chi connectivity index (χ0v) is 15.0. The van der Waals surface area contributed by atoms with Crippen molar-refractivity contribution in [2.75, 3.05) is 13.1 Å². The minimum Gasteiger partial charge on any atom is -0.369 e. The van der Waals surface area contributed by atoms with Crippen molar-refractivity contribution in [3.05, 3.63) is 5.82 Å². The highest BCUT2D eigenvalue weighted by atomic mass is 16.1. The first-order valence-electron chi connectivity index (χ1n) is 8.70. The topological polar surface area (TPSA) is 91.1 Å². The highest BCUT2D eigenvalue weighted by Gasteiger charge is 2.38. The molecule has 1 aliphatic heterocycles. The number of carbonyl (C=O) groups excluding carboxylic acids is 1. The van der Waals surface area contributed by atoms with Crippen molar-refractivity contribution in [2.24, 2.45) is 17.6 Å². The van der Waals surface area contributed by atoms with Crippen molar-refractivity contribution in [2.45, 2.75) is 65.5 Å². The van der Waals surface area contributed by atoms with E-state index in [0.717, 1.165) is 38.2 Å². The van der Waals surface area contributed by atoms with E-state index in [9.17, 15) is 4.79 Å². The first-order valence-corrected chi connectivity index (χ1v) is 8.70. The lowest BCUT2D eigenvalue weighted by Gasteiger charge is -2.36. The van der Waals surface area contributed by atoms with Crippen LogP contribution in [0.4, 0.5) is 0 Å². The summed E-state index contributed by atoms with van der Waals surface area (Å²) in [6.45, 7) is 12.8. The quantitative estimate of drug-likeness (QED) is 0.787. The van der Waals surface area contributed by atoms with Crippen LogP contribution in [-0.2, 0) is 10.3 Å². The average Bonchev–Trinajstić information content (AvgIpc) is 2.97. The Morgan fingerprint density at radius 1 is 1.39 bits per heavy atom. The van der Waals surface area contributed by atoms with Crippen LogP contribution >= 0.6 is 0 Å². The van der Waals surface area contributed by atoms with Gasteiger partial charge in [0.1, 0.15) is 0 Å².